The minimum Gasteiger partial charge on any atom is -0.395 e. The molecular weight excluding hydrogens is 241 g/mol. The fraction of sp³-hybridized carbons (Fsp3) is 0.250. The van der Waals surface area contributed by atoms with E-state index in [0.717, 1.165) is 4.60 Å². The molecule has 0 unspecified atom stereocenters. The van der Waals surface area contributed by atoms with Crippen LogP contribution in [0, 0.1) is 0 Å². The van der Waals surface area contributed by atoms with E-state index >= 15 is 0 Å². The molecule has 0 radical (unpaired) electrons. The normalized spacial score (nSPS) is 7.80. The lowest BCUT2D eigenvalue weighted by Crippen LogP contribution is -1.89. The van der Waals surface area contributed by atoms with E-state index in [1.54, 1.807) is 10.9 Å². The van der Waals surface area contributed by atoms with Crippen LogP contribution in [0.4, 0.5) is 5.69 Å². The van der Waals surface area contributed by atoms with Crippen LogP contribution in [0.2, 0.25) is 0 Å². The standard InChI is InChI=1S/C4H6BrN3.2ClH/c1-8-4(5)3(6)2-7-8;;/h2H,6H2,1H3;2*1H. The van der Waals surface area contributed by atoms with E-state index in [9.17, 15) is 0 Å². The van der Waals surface area contributed by atoms with Crippen molar-refractivity contribution in [2.45, 2.75) is 0 Å². The summed E-state index contributed by atoms with van der Waals surface area (Å²) in [6, 6.07) is 0. The molecule has 10 heavy (non-hydrogen) atoms. The summed E-state index contributed by atoms with van der Waals surface area (Å²) in [6.07, 6.45) is 1.60. The zero-order chi connectivity index (χ0) is 6.15. The Kier molecular flexibility index (Phi) is 6.13. The summed E-state index contributed by atoms with van der Waals surface area (Å²) < 4.78 is 2.49. The Morgan fingerprint density at radius 2 is 2.10 bits per heavy atom. The van der Waals surface area contributed by atoms with Crippen molar-refractivity contribution in [1.82, 2.24) is 9.78 Å². The molecule has 2 N–H and O–H groups in total. The van der Waals surface area contributed by atoms with Gasteiger partial charge in [0.25, 0.3) is 0 Å². The van der Waals surface area contributed by atoms with Gasteiger partial charge in [0, 0.05) is 7.05 Å². The minimum absolute atomic E-state index is 0. The van der Waals surface area contributed by atoms with Crippen LogP contribution in [0.25, 0.3) is 0 Å². The summed E-state index contributed by atoms with van der Waals surface area (Å²) in [7, 11) is 1.82. The van der Waals surface area contributed by atoms with Gasteiger partial charge in [-0.05, 0) is 15.9 Å². The van der Waals surface area contributed by atoms with Crippen LogP contribution < -0.4 is 5.73 Å². The van der Waals surface area contributed by atoms with Crippen LogP contribution in [-0.4, -0.2) is 9.78 Å². The average Bonchev–Trinajstić information content (AvgIpc) is 1.98. The molecule has 1 aromatic rings. The lowest BCUT2D eigenvalue weighted by molar-refractivity contribution is 0.750. The molecule has 1 rings (SSSR count). The van der Waals surface area contributed by atoms with E-state index in [-0.39, 0.29) is 24.8 Å². The van der Waals surface area contributed by atoms with Crippen molar-refractivity contribution in [2.24, 2.45) is 7.05 Å². The number of aryl methyl sites for hydroxylation is 1. The summed E-state index contributed by atoms with van der Waals surface area (Å²) >= 11 is 3.22. The molecule has 60 valence electrons. The van der Waals surface area contributed by atoms with Gasteiger partial charge in [0.15, 0.2) is 0 Å². The van der Waals surface area contributed by atoms with Crippen molar-refractivity contribution in [3.8, 4) is 0 Å². The van der Waals surface area contributed by atoms with Gasteiger partial charge >= 0.3 is 0 Å². The maximum atomic E-state index is 5.41. The topological polar surface area (TPSA) is 43.8 Å². The smallest absolute Gasteiger partial charge is 0.126 e. The largest absolute Gasteiger partial charge is 0.395 e. The Morgan fingerprint density at radius 3 is 2.20 bits per heavy atom. The van der Waals surface area contributed by atoms with Gasteiger partial charge in [-0.25, -0.2) is 0 Å². The maximum absolute atomic E-state index is 5.41. The first-order chi connectivity index (χ1) is 3.72. The maximum Gasteiger partial charge on any atom is 0.126 e. The molecule has 3 nitrogen and oxygen atoms in total. The van der Waals surface area contributed by atoms with Gasteiger partial charge in [-0.15, -0.1) is 24.8 Å². The van der Waals surface area contributed by atoms with Crippen LogP contribution in [0.5, 0.6) is 0 Å². The Balaban J connectivity index is 0. The third-order valence-electron chi connectivity index (χ3n) is 0.892. The van der Waals surface area contributed by atoms with Gasteiger partial charge in [0.2, 0.25) is 0 Å². The first-order valence-corrected chi connectivity index (χ1v) is 2.94. The summed E-state index contributed by atoms with van der Waals surface area (Å²) in [5.74, 6) is 0. The Labute approximate surface area is 79.9 Å². The van der Waals surface area contributed by atoms with E-state index in [1.807, 2.05) is 7.05 Å². The number of hydrogen-bond acceptors (Lipinski definition) is 2. The number of rotatable bonds is 0. The number of aromatic nitrogens is 2. The molecule has 1 heterocycles. The van der Waals surface area contributed by atoms with Gasteiger partial charge in [0.1, 0.15) is 4.60 Å². The number of nitrogens with two attached hydrogens (primary N) is 1. The second kappa shape index (κ2) is 4.82. The molecule has 0 fully saturated rings. The van der Waals surface area contributed by atoms with E-state index in [0.29, 0.717) is 5.69 Å². The molecule has 0 spiro atoms. The van der Waals surface area contributed by atoms with Gasteiger partial charge < -0.3 is 5.73 Å². The van der Waals surface area contributed by atoms with Crippen LogP contribution >= 0.6 is 40.7 Å². The molecule has 0 aromatic carbocycles. The molecule has 0 bridgehead atoms. The highest BCUT2D eigenvalue weighted by atomic mass is 79.9. The highest BCUT2D eigenvalue weighted by Gasteiger charge is 1.97. The molecule has 0 atom stereocenters. The monoisotopic (exact) mass is 247 g/mol. The van der Waals surface area contributed by atoms with Crippen molar-refractivity contribution in [2.75, 3.05) is 5.73 Å². The molecule has 1 aromatic heterocycles. The number of hydrogen-bond donors (Lipinski definition) is 1. The van der Waals surface area contributed by atoms with Crippen LogP contribution in [-0.2, 0) is 7.05 Å². The lowest BCUT2D eigenvalue weighted by Gasteiger charge is -1.88. The number of nitrogen functional groups attached to an aromatic ring is 1. The van der Waals surface area contributed by atoms with Gasteiger partial charge in [-0.2, -0.15) is 5.10 Å². The average molecular weight is 249 g/mol. The predicted molar refractivity (Wildman–Crippen MR) is 49.8 cm³/mol. The second-order valence-corrected chi connectivity index (χ2v) is 2.27. The van der Waals surface area contributed by atoms with E-state index in [4.69, 9.17) is 5.73 Å². The first kappa shape index (κ1) is 12.7. The molecular formula is C4H8BrCl2N3. The number of anilines is 1. The SMILES string of the molecule is Cl.Cl.Cn1ncc(N)c1Br. The van der Waals surface area contributed by atoms with E-state index in [1.165, 1.54) is 0 Å². The van der Waals surface area contributed by atoms with Crippen LogP contribution in [0.3, 0.4) is 0 Å². The zero-order valence-corrected chi connectivity index (χ0v) is 8.46. The molecule has 0 amide bonds. The van der Waals surface area contributed by atoms with E-state index < -0.39 is 0 Å². The van der Waals surface area contributed by atoms with Gasteiger partial charge in [-0.1, -0.05) is 0 Å². The highest BCUT2D eigenvalue weighted by Crippen LogP contribution is 2.15. The second-order valence-electron chi connectivity index (χ2n) is 1.51. The molecule has 6 heteroatoms. The third kappa shape index (κ3) is 2.36. The van der Waals surface area contributed by atoms with Crippen molar-refractivity contribution in [1.29, 1.82) is 0 Å². The molecule has 0 aliphatic rings. The summed E-state index contributed by atoms with van der Waals surface area (Å²) in [5, 5.41) is 3.86. The van der Waals surface area contributed by atoms with Crippen LogP contribution in [0.1, 0.15) is 0 Å². The van der Waals surface area contributed by atoms with Crippen molar-refractivity contribution in [3.63, 3.8) is 0 Å². The molecule has 0 saturated carbocycles. The number of nitrogens with zero attached hydrogens (tertiary/aromatic N) is 2. The Hall–Kier alpha value is 0.0700. The van der Waals surface area contributed by atoms with Crippen molar-refractivity contribution >= 4 is 46.4 Å². The summed E-state index contributed by atoms with van der Waals surface area (Å²) in [5.41, 5.74) is 6.08. The third-order valence-corrected chi connectivity index (χ3v) is 1.86. The fourth-order valence-electron chi connectivity index (χ4n) is 0.440. The van der Waals surface area contributed by atoms with Gasteiger partial charge in [0.05, 0.1) is 11.9 Å². The van der Waals surface area contributed by atoms with Crippen molar-refractivity contribution < 1.29 is 0 Å². The molecule has 0 aliphatic heterocycles. The van der Waals surface area contributed by atoms with E-state index in [2.05, 4.69) is 21.0 Å². The first-order valence-electron chi connectivity index (χ1n) is 2.15. The highest BCUT2D eigenvalue weighted by molar-refractivity contribution is 9.10. The zero-order valence-electron chi connectivity index (χ0n) is 5.24. The summed E-state index contributed by atoms with van der Waals surface area (Å²) in [6.45, 7) is 0. The quantitative estimate of drug-likeness (QED) is 0.758. The lowest BCUT2D eigenvalue weighted by atomic mass is 10.6. The predicted octanol–water partition coefficient (Wildman–Crippen LogP) is 1.61. The number of halogens is 3. The Morgan fingerprint density at radius 1 is 1.60 bits per heavy atom. The van der Waals surface area contributed by atoms with Crippen molar-refractivity contribution in [3.05, 3.63) is 10.8 Å². The summed E-state index contributed by atoms with van der Waals surface area (Å²) in [4.78, 5) is 0. The molecule has 0 saturated heterocycles. The molecule has 0 aliphatic carbocycles. The Bertz CT molecular complexity index is 181. The minimum atomic E-state index is 0. The fourth-order valence-corrected chi connectivity index (χ4v) is 0.634. The van der Waals surface area contributed by atoms with Crippen LogP contribution in [0.15, 0.2) is 10.8 Å². The van der Waals surface area contributed by atoms with Gasteiger partial charge in [-0.3, -0.25) is 4.68 Å².